The zero-order valence-electron chi connectivity index (χ0n) is 15.1. The number of thioether (sulfide) groups is 1. The average Bonchev–Trinajstić information content (AvgIpc) is 2.81. The number of ether oxygens (including phenoxy) is 1. The molecule has 0 amide bonds. The lowest BCUT2D eigenvalue weighted by molar-refractivity contribution is 0.0309. The van der Waals surface area contributed by atoms with Crippen molar-refractivity contribution in [2.75, 3.05) is 50.9 Å². The van der Waals surface area contributed by atoms with E-state index in [1.54, 1.807) is 10.4 Å². The van der Waals surface area contributed by atoms with E-state index in [9.17, 15) is 8.42 Å². The first kappa shape index (κ1) is 19.2. The van der Waals surface area contributed by atoms with Gasteiger partial charge in [-0.15, -0.1) is 0 Å². The molecule has 2 aliphatic heterocycles. The number of hydrogen-bond acceptors (Lipinski definition) is 5. The highest BCUT2D eigenvalue weighted by atomic mass is 32.2. The van der Waals surface area contributed by atoms with Crippen LogP contribution in [0.5, 0.6) is 0 Å². The van der Waals surface area contributed by atoms with Gasteiger partial charge in [-0.2, -0.15) is 16.1 Å². The van der Waals surface area contributed by atoms with E-state index in [1.807, 2.05) is 37.7 Å². The first-order chi connectivity index (χ1) is 12.0. The number of hydrogen-bond donors (Lipinski definition) is 0. The Hall–Kier alpha value is -0.600. The number of sulfonamides is 1. The minimum atomic E-state index is -3.47. The van der Waals surface area contributed by atoms with Crippen molar-refractivity contribution in [3.63, 3.8) is 0 Å². The van der Waals surface area contributed by atoms with Gasteiger partial charge in [-0.25, -0.2) is 8.42 Å². The molecular weight excluding hydrogens is 356 g/mol. The monoisotopic (exact) mass is 384 g/mol. The molecule has 2 saturated heterocycles. The molecule has 0 aromatic heterocycles. The fourth-order valence-corrected chi connectivity index (χ4v) is 6.58. The topological polar surface area (TPSA) is 49.9 Å². The molecule has 5 nitrogen and oxygen atoms in total. The molecule has 1 unspecified atom stereocenters. The highest BCUT2D eigenvalue weighted by Gasteiger charge is 2.34. The van der Waals surface area contributed by atoms with Crippen LogP contribution < -0.4 is 0 Å². The van der Waals surface area contributed by atoms with Gasteiger partial charge in [0, 0.05) is 38.0 Å². The molecule has 7 heteroatoms. The Morgan fingerprint density at radius 3 is 2.68 bits per heavy atom. The second-order valence-corrected chi connectivity index (χ2v) is 9.89. The minimum Gasteiger partial charge on any atom is -0.379 e. The molecule has 2 fully saturated rings. The number of nitrogens with zero attached hydrogens (tertiary/aromatic N) is 2. The summed E-state index contributed by atoms with van der Waals surface area (Å²) < 4.78 is 34.0. The van der Waals surface area contributed by atoms with Crippen molar-refractivity contribution >= 4 is 21.8 Å². The first-order valence-corrected chi connectivity index (χ1v) is 11.5. The Bertz CT molecular complexity index is 688. The van der Waals surface area contributed by atoms with Crippen molar-refractivity contribution in [1.82, 2.24) is 9.21 Å². The van der Waals surface area contributed by atoms with E-state index in [2.05, 4.69) is 4.90 Å². The molecule has 3 rings (SSSR count). The number of benzene rings is 1. The quantitative estimate of drug-likeness (QED) is 0.796. The summed E-state index contributed by atoms with van der Waals surface area (Å²) in [7, 11) is -3.47. The summed E-state index contributed by atoms with van der Waals surface area (Å²) in [5.41, 5.74) is 1.93. The van der Waals surface area contributed by atoms with Crippen LogP contribution in [0.4, 0.5) is 0 Å². The van der Waals surface area contributed by atoms with Gasteiger partial charge >= 0.3 is 0 Å². The van der Waals surface area contributed by atoms with Crippen LogP contribution >= 0.6 is 11.8 Å². The van der Waals surface area contributed by atoms with Crippen LogP contribution in [0.3, 0.4) is 0 Å². The number of rotatable bonds is 4. The number of morpholine rings is 1. The van der Waals surface area contributed by atoms with Gasteiger partial charge < -0.3 is 4.74 Å². The second-order valence-electron chi connectivity index (χ2n) is 6.88. The molecule has 25 heavy (non-hydrogen) atoms. The third kappa shape index (κ3) is 4.57. The molecule has 1 aromatic carbocycles. The van der Waals surface area contributed by atoms with Crippen LogP contribution in [0.15, 0.2) is 23.1 Å². The summed E-state index contributed by atoms with van der Waals surface area (Å²) in [4.78, 5) is 2.79. The SMILES string of the molecule is Cc1ccc(S(=O)(=O)N2CCCSCC2CN2CCOCC2)c(C)c1. The molecule has 0 spiro atoms. The third-order valence-electron chi connectivity index (χ3n) is 4.87. The fraction of sp³-hybridized carbons (Fsp3) is 0.667. The number of aryl methyl sites for hydroxylation is 2. The minimum absolute atomic E-state index is 0.0244. The molecule has 0 bridgehead atoms. The zero-order chi connectivity index (χ0) is 17.9. The van der Waals surface area contributed by atoms with Crippen molar-refractivity contribution < 1.29 is 13.2 Å². The average molecular weight is 385 g/mol. The zero-order valence-corrected chi connectivity index (χ0v) is 16.7. The molecular formula is C18H28N2O3S2. The maximum Gasteiger partial charge on any atom is 0.243 e. The molecule has 0 radical (unpaired) electrons. The van der Waals surface area contributed by atoms with Gasteiger partial charge in [-0.1, -0.05) is 17.7 Å². The molecule has 0 N–H and O–H groups in total. The fourth-order valence-electron chi connectivity index (χ4n) is 3.56. The molecule has 1 atom stereocenters. The van der Waals surface area contributed by atoms with Crippen molar-refractivity contribution in [2.24, 2.45) is 0 Å². The van der Waals surface area contributed by atoms with E-state index in [0.29, 0.717) is 11.4 Å². The predicted molar refractivity (Wildman–Crippen MR) is 103 cm³/mol. The van der Waals surface area contributed by atoms with E-state index in [0.717, 1.165) is 61.9 Å². The summed E-state index contributed by atoms with van der Waals surface area (Å²) in [6.45, 7) is 8.54. The van der Waals surface area contributed by atoms with Crippen LogP contribution in [0, 0.1) is 13.8 Å². The largest absolute Gasteiger partial charge is 0.379 e. The Balaban J connectivity index is 1.86. The molecule has 0 saturated carbocycles. The summed E-state index contributed by atoms with van der Waals surface area (Å²) in [6, 6.07) is 5.64. The summed E-state index contributed by atoms with van der Waals surface area (Å²) in [6.07, 6.45) is 0.911. The highest BCUT2D eigenvalue weighted by molar-refractivity contribution is 7.99. The Morgan fingerprint density at radius 2 is 1.96 bits per heavy atom. The lowest BCUT2D eigenvalue weighted by Crippen LogP contribution is -2.50. The third-order valence-corrected chi connectivity index (χ3v) is 8.18. The Morgan fingerprint density at radius 1 is 1.20 bits per heavy atom. The molecule has 0 aliphatic carbocycles. The second kappa shape index (κ2) is 8.39. The van der Waals surface area contributed by atoms with Gasteiger partial charge in [0.1, 0.15) is 0 Å². The standard InChI is InChI=1S/C18H28N2O3S2/c1-15-4-5-18(16(2)12-15)25(21,22)20-6-3-11-24-14-17(20)13-19-7-9-23-10-8-19/h4-5,12,17H,3,6-11,13-14H2,1-2H3. The van der Waals surface area contributed by atoms with Crippen LogP contribution in [0.1, 0.15) is 17.5 Å². The van der Waals surface area contributed by atoms with Crippen LogP contribution in [-0.2, 0) is 14.8 Å². The normalized spacial score (nSPS) is 24.2. The molecule has 2 aliphatic rings. The van der Waals surface area contributed by atoms with Gasteiger partial charge in [-0.3, -0.25) is 4.90 Å². The highest BCUT2D eigenvalue weighted by Crippen LogP contribution is 2.27. The van der Waals surface area contributed by atoms with Crippen LogP contribution in [0.2, 0.25) is 0 Å². The van der Waals surface area contributed by atoms with Crippen molar-refractivity contribution in [3.05, 3.63) is 29.3 Å². The van der Waals surface area contributed by atoms with Gasteiger partial charge in [-0.05, 0) is 37.7 Å². The van der Waals surface area contributed by atoms with Crippen LogP contribution in [-0.4, -0.2) is 74.6 Å². The van der Waals surface area contributed by atoms with E-state index < -0.39 is 10.0 Å². The molecule has 1 aromatic rings. The van der Waals surface area contributed by atoms with Gasteiger partial charge in [0.25, 0.3) is 0 Å². The summed E-state index contributed by atoms with van der Waals surface area (Å²) >= 11 is 1.87. The smallest absolute Gasteiger partial charge is 0.243 e. The molecule has 140 valence electrons. The van der Waals surface area contributed by atoms with Crippen molar-refractivity contribution in [2.45, 2.75) is 31.2 Å². The first-order valence-electron chi connectivity index (χ1n) is 8.95. The van der Waals surface area contributed by atoms with E-state index >= 15 is 0 Å². The Kier molecular flexibility index (Phi) is 6.44. The maximum atomic E-state index is 13.4. The van der Waals surface area contributed by atoms with Gasteiger partial charge in [0.05, 0.1) is 18.1 Å². The molecule has 2 heterocycles. The Labute approximate surface area is 155 Å². The van der Waals surface area contributed by atoms with Gasteiger partial charge in [0.15, 0.2) is 0 Å². The van der Waals surface area contributed by atoms with E-state index in [-0.39, 0.29) is 6.04 Å². The summed E-state index contributed by atoms with van der Waals surface area (Å²) in [5.74, 6) is 1.89. The van der Waals surface area contributed by atoms with Gasteiger partial charge in [0.2, 0.25) is 10.0 Å². The lowest BCUT2D eigenvalue weighted by Gasteiger charge is -2.35. The van der Waals surface area contributed by atoms with E-state index in [1.165, 1.54) is 0 Å². The predicted octanol–water partition coefficient (Wildman–Crippen LogP) is 2.13. The maximum absolute atomic E-state index is 13.4. The summed E-state index contributed by atoms with van der Waals surface area (Å²) in [5, 5.41) is 0. The van der Waals surface area contributed by atoms with Crippen molar-refractivity contribution in [3.8, 4) is 0 Å². The lowest BCUT2D eigenvalue weighted by atomic mass is 10.2. The van der Waals surface area contributed by atoms with Crippen molar-refractivity contribution in [1.29, 1.82) is 0 Å². The van der Waals surface area contributed by atoms with E-state index in [4.69, 9.17) is 4.74 Å². The van der Waals surface area contributed by atoms with Crippen LogP contribution in [0.25, 0.3) is 0 Å².